The van der Waals surface area contributed by atoms with Gasteiger partial charge in [0.15, 0.2) is 0 Å². The van der Waals surface area contributed by atoms with Gasteiger partial charge in [0.1, 0.15) is 5.82 Å². The molecular formula is C17H29N3. The first kappa shape index (κ1) is 15.3. The number of hydrogen-bond acceptors (Lipinski definition) is 3. The molecule has 0 unspecified atom stereocenters. The largest absolute Gasteiger partial charge is 0.354 e. The maximum atomic E-state index is 4.68. The lowest BCUT2D eigenvalue weighted by atomic mass is 10.1. The zero-order valence-corrected chi connectivity index (χ0v) is 13.4. The summed E-state index contributed by atoms with van der Waals surface area (Å²) >= 11 is 0. The average Bonchev–Trinajstić information content (AvgIpc) is 3.22. The van der Waals surface area contributed by atoms with Gasteiger partial charge in [-0.25, -0.2) is 4.98 Å². The minimum Gasteiger partial charge on any atom is -0.354 e. The maximum absolute atomic E-state index is 4.68. The summed E-state index contributed by atoms with van der Waals surface area (Å²) in [5.41, 5.74) is 1.41. The van der Waals surface area contributed by atoms with E-state index in [1.807, 2.05) is 6.20 Å². The predicted molar refractivity (Wildman–Crippen MR) is 86.1 cm³/mol. The molecule has 1 aromatic rings. The number of nitrogens with one attached hydrogen (secondary N) is 1. The number of nitrogens with zero attached hydrogens (tertiary/aromatic N) is 2. The molecule has 1 N–H and O–H groups in total. The van der Waals surface area contributed by atoms with Gasteiger partial charge in [0.05, 0.1) is 0 Å². The Morgan fingerprint density at radius 1 is 1.30 bits per heavy atom. The Morgan fingerprint density at radius 3 is 2.55 bits per heavy atom. The second kappa shape index (κ2) is 6.57. The van der Waals surface area contributed by atoms with Crippen molar-refractivity contribution in [2.24, 2.45) is 0 Å². The fraction of sp³-hybridized carbons (Fsp3) is 0.706. The molecule has 1 heterocycles. The summed E-state index contributed by atoms with van der Waals surface area (Å²) in [7, 11) is 0. The second-order valence-electron chi connectivity index (χ2n) is 6.91. The monoisotopic (exact) mass is 275 g/mol. The van der Waals surface area contributed by atoms with Gasteiger partial charge in [-0.1, -0.05) is 19.4 Å². The molecule has 0 atom stereocenters. The van der Waals surface area contributed by atoms with Gasteiger partial charge in [-0.2, -0.15) is 0 Å². The molecule has 112 valence electrons. The molecule has 3 nitrogen and oxygen atoms in total. The van der Waals surface area contributed by atoms with E-state index in [4.69, 9.17) is 0 Å². The van der Waals surface area contributed by atoms with Crippen LogP contribution in [0, 0.1) is 0 Å². The Labute approximate surface area is 123 Å². The van der Waals surface area contributed by atoms with Crippen molar-refractivity contribution in [3.05, 3.63) is 23.9 Å². The first-order chi connectivity index (χ1) is 9.49. The molecule has 0 aliphatic heterocycles. The van der Waals surface area contributed by atoms with E-state index in [9.17, 15) is 0 Å². The summed E-state index contributed by atoms with van der Waals surface area (Å²) in [6, 6.07) is 5.14. The fourth-order valence-electron chi connectivity index (χ4n) is 2.26. The number of hydrogen-bond donors (Lipinski definition) is 1. The minimum absolute atomic E-state index is 0.153. The number of unbranched alkanes of at least 4 members (excludes halogenated alkanes) is 1. The number of aromatic nitrogens is 1. The van der Waals surface area contributed by atoms with E-state index in [0.717, 1.165) is 24.9 Å². The van der Waals surface area contributed by atoms with Crippen LogP contribution >= 0.6 is 0 Å². The summed E-state index contributed by atoms with van der Waals surface area (Å²) in [5.74, 6) is 1.15. The van der Waals surface area contributed by atoms with Crippen molar-refractivity contribution in [1.82, 2.24) is 10.3 Å². The third kappa shape index (κ3) is 4.78. The third-order valence-electron chi connectivity index (χ3n) is 3.67. The van der Waals surface area contributed by atoms with Gasteiger partial charge in [-0.3, -0.25) is 0 Å². The molecule has 1 saturated carbocycles. The summed E-state index contributed by atoms with van der Waals surface area (Å²) < 4.78 is 0. The van der Waals surface area contributed by atoms with E-state index >= 15 is 0 Å². The molecule has 2 rings (SSSR count). The molecule has 3 heteroatoms. The van der Waals surface area contributed by atoms with E-state index in [1.165, 1.54) is 31.2 Å². The number of anilines is 1. The van der Waals surface area contributed by atoms with Crippen molar-refractivity contribution in [2.45, 2.75) is 71.5 Å². The maximum Gasteiger partial charge on any atom is 0.128 e. The normalized spacial score (nSPS) is 15.4. The van der Waals surface area contributed by atoms with Crippen molar-refractivity contribution in [1.29, 1.82) is 0 Å². The SMILES string of the molecule is CCCCN(c1ccc(CNC(C)(C)C)cn1)C1CC1. The Balaban J connectivity index is 1.95. The van der Waals surface area contributed by atoms with E-state index in [1.54, 1.807) is 0 Å². The molecule has 0 aromatic carbocycles. The predicted octanol–water partition coefficient (Wildman–Crippen LogP) is 3.74. The molecule has 1 aliphatic rings. The van der Waals surface area contributed by atoms with Gasteiger partial charge >= 0.3 is 0 Å². The van der Waals surface area contributed by atoms with E-state index in [2.05, 4.69) is 55.0 Å². The Kier molecular flexibility index (Phi) is 5.03. The minimum atomic E-state index is 0.153. The average molecular weight is 275 g/mol. The number of pyridine rings is 1. The van der Waals surface area contributed by atoms with Gasteiger partial charge in [0, 0.05) is 30.9 Å². The lowest BCUT2D eigenvalue weighted by molar-refractivity contribution is 0.424. The van der Waals surface area contributed by atoms with Gasteiger partial charge in [-0.15, -0.1) is 0 Å². The fourth-order valence-corrected chi connectivity index (χ4v) is 2.26. The molecule has 0 bridgehead atoms. The number of rotatable bonds is 7. The molecule has 20 heavy (non-hydrogen) atoms. The van der Waals surface area contributed by atoms with Crippen LogP contribution in [0.2, 0.25) is 0 Å². The highest BCUT2D eigenvalue weighted by atomic mass is 15.2. The van der Waals surface area contributed by atoms with Crippen molar-refractivity contribution in [2.75, 3.05) is 11.4 Å². The van der Waals surface area contributed by atoms with E-state index < -0.39 is 0 Å². The molecule has 1 aromatic heterocycles. The second-order valence-corrected chi connectivity index (χ2v) is 6.91. The van der Waals surface area contributed by atoms with Crippen LogP contribution < -0.4 is 10.2 Å². The lowest BCUT2D eigenvalue weighted by Gasteiger charge is -2.24. The van der Waals surface area contributed by atoms with Gasteiger partial charge in [0.2, 0.25) is 0 Å². The van der Waals surface area contributed by atoms with Gasteiger partial charge < -0.3 is 10.2 Å². The summed E-state index contributed by atoms with van der Waals surface area (Å²) in [4.78, 5) is 7.17. The highest BCUT2D eigenvalue weighted by Gasteiger charge is 2.29. The smallest absolute Gasteiger partial charge is 0.128 e. The Hall–Kier alpha value is -1.09. The molecule has 0 radical (unpaired) electrons. The summed E-state index contributed by atoms with van der Waals surface area (Å²) in [5, 5.41) is 3.50. The van der Waals surface area contributed by atoms with Crippen molar-refractivity contribution >= 4 is 5.82 Å². The first-order valence-electron chi connectivity index (χ1n) is 7.96. The molecule has 1 aliphatic carbocycles. The zero-order chi connectivity index (χ0) is 14.6. The van der Waals surface area contributed by atoms with Gasteiger partial charge in [-0.05, 0) is 51.7 Å². The van der Waals surface area contributed by atoms with Crippen LogP contribution in [0.15, 0.2) is 18.3 Å². The highest BCUT2D eigenvalue weighted by Crippen LogP contribution is 2.30. The standard InChI is InChI=1S/C17H29N3/c1-5-6-11-20(15-8-9-15)16-10-7-14(12-18-16)13-19-17(2,3)4/h7,10,12,15,19H,5-6,8-9,11,13H2,1-4H3. The van der Waals surface area contributed by atoms with Crippen molar-refractivity contribution < 1.29 is 0 Å². The van der Waals surface area contributed by atoms with Crippen molar-refractivity contribution in [3.63, 3.8) is 0 Å². The summed E-state index contributed by atoms with van der Waals surface area (Å²) in [6.45, 7) is 10.8. The highest BCUT2D eigenvalue weighted by molar-refractivity contribution is 5.42. The first-order valence-corrected chi connectivity index (χ1v) is 7.96. The van der Waals surface area contributed by atoms with Crippen LogP contribution in [0.25, 0.3) is 0 Å². The Morgan fingerprint density at radius 2 is 2.05 bits per heavy atom. The quantitative estimate of drug-likeness (QED) is 0.821. The van der Waals surface area contributed by atoms with Crippen LogP contribution in [0.4, 0.5) is 5.82 Å². The zero-order valence-electron chi connectivity index (χ0n) is 13.4. The lowest BCUT2D eigenvalue weighted by Crippen LogP contribution is -2.35. The molecule has 0 amide bonds. The van der Waals surface area contributed by atoms with E-state index in [-0.39, 0.29) is 5.54 Å². The summed E-state index contributed by atoms with van der Waals surface area (Å²) in [6.07, 6.45) is 7.19. The molecule has 1 fully saturated rings. The van der Waals surface area contributed by atoms with Crippen LogP contribution in [0.5, 0.6) is 0 Å². The topological polar surface area (TPSA) is 28.2 Å². The third-order valence-corrected chi connectivity index (χ3v) is 3.67. The van der Waals surface area contributed by atoms with Crippen molar-refractivity contribution in [3.8, 4) is 0 Å². The molecular weight excluding hydrogens is 246 g/mol. The molecule has 0 spiro atoms. The van der Waals surface area contributed by atoms with E-state index in [0.29, 0.717) is 0 Å². The van der Waals surface area contributed by atoms with Crippen LogP contribution in [0.1, 0.15) is 58.9 Å². The Bertz CT molecular complexity index is 401. The van der Waals surface area contributed by atoms with Crippen LogP contribution in [-0.4, -0.2) is 23.1 Å². The van der Waals surface area contributed by atoms with Crippen LogP contribution in [-0.2, 0) is 6.54 Å². The van der Waals surface area contributed by atoms with Crippen LogP contribution in [0.3, 0.4) is 0 Å². The van der Waals surface area contributed by atoms with Gasteiger partial charge in [0.25, 0.3) is 0 Å². The molecule has 0 saturated heterocycles.